The predicted molar refractivity (Wildman–Crippen MR) is 134 cm³/mol. The largest absolute Gasteiger partial charge is 0.491 e. The van der Waals surface area contributed by atoms with Crippen LogP contribution >= 0.6 is 0 Å². The van der Waals surface area contributed by atoms with E-state index in [4.69, 9.17) is 19.3 Å². The Kier molecular flexibility index (Phi) is 9.78. The van der Waals surface area contributed by atoms with Crippen molar-refractivity contribution in [2.24, 2.45) is 0 Å². The maximum atomic E-state index is 12.5. The van der Waals surface area contributed by atoms with Crippen LogP contribution in [0.15, 0.2) is 54.7 Å². The summed E-state index contributed by atoms with van der Waals surface area (Å²) in [5.74, 6) is 0.0844. The number of rotatable bonds is 13. The maximum Gasteiger partial charge on any atom is 0.306 e. The highest BCUT2D eigenvalue weighted by molar-refractivity contribution is 5.72. The number of aliphatic hydroxyl groups is 1. The summed E-state index contributed by atoms with van der Waals surface area (Å²) >= 11 is 0. The van der Waals surface area contributed by atoms with E-state index in [1.54, 1.807) is 18.3 Å². The maximum absolute atomic E-state index is 12.5. The van der Waals surface area contributed by atoms with Gasteiger partial charge in [-0.2, -0.15) is 0 Å². The van der Waals surface area contributed by atoms with Crippen molar-refractivity contribution in [1.29, 1.82) is 0 Å². The molecule has 0 unspecified atom stereocenters. The van der Waals surface area contributed by atoms with Crippen molar-refractivity contribution in [3.05, 3.63) is 77.0 Å². The van der Waals surface area contributed by atoms with Gasteiger partial charge in [0, 0.05) is 18.9 Å². The molecule has 7 nitrogen and oxygen atoms in total. The van der Waals surface area contributed by atoms with E-state index in [9.17, 15) is 14.3 Å². The van der Waals surface area contributed by atoms with Crippen molar-refractivity contribution in [3.63, 3.8) is 0 Å². The van der Waals surface area contributed by atoms with Crippen LogP contribution in [0.25, 0.3) is 11.1 Å². The molecule has 0 amide bonds. The Morgan fingerprint density at radius 3 is 2.44 bits per heavy atom. The number of nitrogens with zero attached hydrogens (tertiary/aromatic N) is 1. The highest BCUT2D eigenvalue weighted by Gasteiger charge is 2.16. The van der Waals surface area contributed by atoms with E-state index in [2.05, 4.69) is 11.1 Å². The Bertz CT molecular complexity index is 1130. The lowest BCUT2D eigenvalue weighted by Crippen LogP contribution is -2.19. The average Bonchev–Trinajstić information content (AvgIpc) is 2.86. The van der Waals surface area contributed by atoms with E-state index in [-0.39, 0.29) is 13.0 Å². The third-order valence-electron chi connectivity index (χ3n) is 5.59. The Balaban J connectivity index is 1.69. The van der Waals surface area contributed by atoms with Crippen molar-refractivity contribution in [1.82, 2.24) is 4.98 Å². The fourth-order valence-corrected chi connectivity index (χ4v) is 3.97. The van der Waals surface area contributed by atoms with Gasteiger partial charge in [-0.25, -0.2) is 9.37 Å². The number of aliphatic carboxylic acids is 1. The Hall–Kier alpha value is -3.49. The summed E-state index contributed by atoms with van der Waals surface area (Å²) in [5.41, 5.74) is 5.74. The van der Waals surface area contributed by atoms with Gasteiger partial charge in [0.25, 0.3) is 0 Å². The molecule has 0 bridgehead atoms. The topological polar surface area (TPSA) is 98.1 Å². The van der Waals surface area contributed by atoms with Crippen LogP contribution in [0.5, 0.6) is 11.6 Å². The minimum atomic E-state index is -1.14. The quantitative estimate of drug-likeness (QED) is 0.335. The molecule has 0 aliphatic heterocycles. The lowest BCUT2D eigenvalue weighted by atomic mass is 9.94. The second-order valence-electron chi connectivity index (χ2n) is 8.51. The van der Waals surface area contributed by atoms with Gasteiger partial charge in [-0.3, -0.25) is 4.79 Å². The van der Waals surface area contributed by atoms with Gasteiger partial charge in [0.05, 0.1) is 12.5 Å². The van der Waals surface area contributed by atoms with E-state index in [1.165, 1.54) is 0 Å². The Morgan fingerprint density at radius 1 is 1.08 bits per heavy atom. The van der Waals surface area contributed by atoms with Crippen LogP contribution in [0.1, 0.15) is 41.7 Å². The minimum absolute atomic E-state index is 0.0948. The number of aryl methyl sites for hydroxylation is 2. The molecular formula is C28H32FNO6. The van der Waals surface area contributed by atoms with Crippen molar-refractivity contribution in [2.45, 2.75) is 46.0 Å². The first-order valence-corrected chi connectivity index (χ1v) is 11.8. The van der Waals surface area contributed by atoms with Crippen LogP contribution in [0.2, 0.25) is 0 Å². The van der Waals surface area contributed by atoms with E-state index in [0.29, 0.717) is 30.4 Å². The number of carboxylic acids is 1. The summed E-state index contributed by atoms with van der Waals surface area (Å²) in [4.78, 5) is 15.4. The molecule has 0 spiro atoms. The molecule has 2 atom stereocenters. The molecule has 0 aliphatic carbocycles. The zero-order chi connectivity index (χ0) is 26.1. The van der Waals surface area contributed by atoms with Gasteiger partial charge in [-0.15, -0.1) is 0 Å². The van der Waals surface area contributed by atoms with E-state index in [1.807, 2.05) is 51.1 Å². The number of hydrogen-bond donors (Lipinski definition) is 2. The zero-order valence-electron chi connectivity index (χ0n) is 20.7. The van der Waals surface area contributed by atoms with Gasteiger partial charge in [0.1, 0.15) is 31.7 Å². The molecule has 0 saturated carbocycles. The molecular weight excluding hydrogens is 465 g/mol. The molecule has 1 aromatic heterocycles. The fraction of sp³-hybridized carbons (Fsp3) is 0.357. The summed E-state index contributed by atoms with van der Waals surface area (Å²) in [7, 11) is 0. The van der Waals surface area contributed by atoms with Gasteiger partial charge in [-0.05, 0) is 78.4 Å². The molecule has 2 N–H and O–H groups in total. The summed E-state index contributed by atoms with van der Waals surface area (Å²) in [6.45, 7) is 5.56. The second-order valence-corrected chi connectivity index (χ2v) is 8.51. The van der Waals surface area contributed by atoms with E-state index in [0.717, 1.165) is 27.8 Å². The van der Waals surface area contributed by atoms with Crippen LogP contribution in [-0.4, -0.2) is 47.2 Å². The Labute approximate surface area is 210 Å². The fourth-order valence-electron chi connectivity index (χ4n) is 3.97. The van der Waals surface area contributed by atoms with Crippen LogP contribution in [0, 0.1) is 13.8 Å². The number of halogens is 1. The van der Waals surface area contributed by atoms with Crippen molar-refractivity contribution < 1.29 is 33.6 Å². The minimum Gasteiger partial charge on any atom is -0.491 e. The van der Waals surface area contributed by atoms with Crippen LogP contribution in [0.3, 0.4) is 0 Å². The normalized spacial score (nSPS) is 12.7. The number of aliphatic hydroxyl groups excluding tert-OH is 1. The van der Waals surface area contributed by atoms with E-state index >= 15 is 0 Å². The lowest BCUT2D eigenvalue weighted by Gasteiger charge is -2.16. The van der Waals surface area contributed by atoms with E-state index < -0.39 is 24.9 Å². The molecule has 0 radical (unpaired) electrons. The number of carboxylic acid groups (broad SMARTS) is 1. The van der Waals surface area contributed by atoms with Gasteiger partial charge < -0.3 is 24.4 Å². The third-order valence-corrected chi connectivity index (χ3v) is 5.59. The molecule has 0 aliphatic rings. The monoisotopic (exact) mass is 497 g/mol. The second kappa shape index (κ2) is 13.0. The van der Waals surface area contributed by atoms with Crippen molar-refractivity contribution in [2.75, 3.05) is 19.9 Å². The molecule has 36 heavy (non-hydrogen) atoms. The summed E-state index contributed by atoms with van der Waals surface area (Å²) < 4.78 is 29.4. The number of aromatic nitrogens is 1. The smallest absolute Gasteiger partial charge is 0.306 e. The number of benzene rings is 2. The summed E-state index contributed by atoms with van der Waals surface area (Å²) in [6, 6.07) is 15.2. The number of carbonyl (C=O) groups is 1. The molecule has 2 aromatic carbocycles. The number of alkyl halides is 1. The highest BCUT2D eigenvalue weighted by atomic mass is 19.1. The molecule has 3 aromatic rings. The SMILES string of the molecule is CCO[C@@H](CC(=O)O)c1ccc(OCc2cccc(-c3c(C)cc(OC[C@H](O)CF)cc3C)c2)nc1. The van der Waals surface area contributed by atoms with Crippen LogP contribution < -0.4 is 9.47 Å². The third kappa shape index (κ3) is 7.50. The highest BCUT2D eigenvalue weighted by Crippen LogP contribution is 2.32. The molecule has 0 saturated heterocycles. The first kappa shape index (κ1) is 27.1. The van der Waals surface area contributed by atoms with Crippen LogP contribution in [0.4, 0.5) is 4.39 Å². The van der Waals surface area contributed by atoms with Gasteiger partial charge in [0.2, 0.25) is 5.88 Å². The number of pyridine rings is 1. The standard InChI is InChI=1S/C28H32FNO6/c1-4-34-25(13-27(32)33)22-8-9-26(30-15-22)36-16-20-6-5-7-21(12-20)28-18(2)10-24(11-19(28)3)35-17-23(31)14-29/h5-12,15,23,25,31H,4,13-14,16-17H2,1-3H3,(H,32,33)/t23-,25+/m1/s1. The summed E-state index contributed by atoms with van der Waals surface area (Å²) in [5, 5.41) is 18.5. The lowest BCUT2D eigenvalue weighted by molar-refractivity contribution is -0.140. The molecule has 3 rings (SSSR count). The molecule has 1 heterocycles. The van der Waals surface area contributed by atoms with Gasteiger partial charge in [-0.1, -0.05) is 18.2 Å². The summed E-state index contributed by atoms with van der Waals surface area (Å²) in [6.07, 6.45) is -0.238. The molecule has 0 fully saturated rings. The molecule has 8 heteroatoms. The first-order valence-electron chi connectivity index (χ1n) is 11.8. The number of ether oxygens (including phenoxy) is 3. The molecule has 192 valence electrons. The van der Waals surface area contributed by atoms with Gasteiger partial charge in [0.15, 0.2) is 0 Å². The van der Waals surface area contributed by atoms with Crippen molar-refractivity contribution >= 4 is 5.97 Å². The zero-order valence-corrected chi connectivity index (χ0v) is 20.7. The van der Waals surface area contributed by atoms with Crippen molar-refractivity contribution in [3.8, 4) is 22.8 Å². The first-order chi connectivity index (χ1) is 17.3. The van der Waals surface area contributed by atoms with Crippen LogP contribution in [-0.2, 0) is 16.1 Å². The Morgan fingerprint density at radius 2 is 1.83 bits per heavy atom. The predicted octanol–water partition coefficient (Wildman–Crippen LogP) is 5.21. The number of hydrogen-bond acceptors (Lipinski definition) is 6. The average molecular weight is 498 g/mol. The van der Waals surface area contributed by atoms with Gasteiger partial charge >= 0.3 is 5.97 Å².